The molecule has 2 saturated heterocycles. The molecule has 4 rings (SSSR count). The smallest absolute Gasteiger partial charge is 0.407 e. The Kier molecular flexibility index (Phi) is 15.6. The molecule has 0 aromatic heterocycles. The van der Waals surface area contributed by atoms with E-state index in [4.69, 9.17) is 29.4 Å². The number of nitrogens with zero attached hydrogens (tertiary/aromatic N) is 2. The third kappa shape index (κ3) is 15.4. The first-order valence-electron chi connectivity index (χ1n) is 15.5. The highest BCUT2D eigenvalue weighted by atomic mass is 16.6. The van der Waals surface area contributed by atoms with Crippen molar-refractivity contribution < 1.29 is 28.5 Å². The molecule has 3 N–H and O–H groups in total. The predicted molar refractivity (Wildman–Crippen MR) is 169 cm³/mol. The first-order valence-corrected chi connectivity index (χ1v) is 15.5. The summed E-state index contributed by atoms with van der Waals surface area (Å²) in [5, 5.41) is 2.76. The zero-order chi connectivity index (χ0) is 30.8. The molecule has 2 heterocycles. The number of morpholine rings is 2. The van der Waals surface area contributed by atoms with Gasteiger partial charge in [-0.25, -0.2) is 4.79 Å². The summed E-state index contributed by atoms with van der Waals surface area (Å²) in [4.78, 5) is 16.3. The van der Waals surface area contributed by atoms with Crippen molar-refractivity contribution in [3.05, 3.63) is 59.7 Å². The minimum atomic E-state index is -0.468. The van der Waals surface area contributed by atoms with Crippen molar-refractivity contribution in [2.75, 3.05) is 92.0 Å². The van der Waals surface area contributed by atoms with Crippen LogP contribution in [0.3, 0.4) is 0 Å². The monoisotopic (exact) mass is 600 g/mol. The van der Waals surface area contributed by atoms with Crippen LogP contribution in [0.15, 0.2) is 48.5 Å². The van der Waals surface area contributed by atoms with Crippen molar-refractivity contribution >= 4 is 6.09 Å². The SMILES string of the molecule is CC(C)(C)OC(=O)NCCc1ccc(OCCN2CCOCC2)cc1.NCCc1ccc(OCCN2CCOCC2)cc1. The van der Waals surface area contributed by atoms with Gasteiger partial charge in [-0.05, 0) is 75.5 Å². The highest BCUT2D eigenvalue weighted by Gasteiger charge is 2.15. The predicted octanol–water partition coefficient (Wildman–Crippen LogP) is 3.36. The molecule has 0 aliphatic carbocycles. The van der Waals surface area contributed by atoms with Gasteiger partial charge in [0.15, 0.2) is 0 Å². The molecule has 2 aliphatic rings. The summed E-state index contributed by atoms with van der Waals surface area (Å²) in [6.45, 7) is 17.4. The van der Waals surface area contributed by atoms with E-state index in [1.807, 2.05) is 57.2 Å². The van der Waals surface area contributed by atoms with E-state index in [1.54, 1.807) is 0 Å². The number of hydrogen-bond donors (Lipinski definition) is 2. The van der Waals surface area contributed by atoms with E-state index in [0.717, 1.165) is 102 Å². The maximum atomic E-state index is 11.6. The molecule has 1 amide bonds. The second-order valence-corrected chi connectivity index (χ2v) is 11.6. The largest absolute Gasteiger partial charge is 0.492 e. The number of amides is 1. The van der Waals surface area contributed by atoms with Crippen molar-refractivity contribution in [3.63, 3.8) is 0 Å². The number of benzene rings is 2. The van der Waals surface area contributed by atoms with Crippen LogP contribution in [-0.2, 0) is 27.1 Å². The van der Waals surface area contributed by atoms with E-state index in [-0.39, 0.29) is 6.09 Å². The average molecular weight is 601 g/mol. The number of nitrogens with two attached hydrogens (primary N) is 1. The van der Waals surface area contributed by atoms with Gasteiger partial charge in [0, 0.05) is 45.8 Å². The fourth-order valence-electron chi connectivity index (χ4n) is 4.53. The highest BCUT2D eigenvalue weighted by molar-refractivity contribution is 5.67. The second kappa shape index (κ2) is 19.4. The first kappa shape index (κ1) is 34.6. The third-order valence-corrected chi connectivity index (χ3v) is 6.92. The third-order valence-electron chi connectivity index (χ3n) is 6.92. The van der Waals surface area contributed by atoms with Gasteiger partial charge in [0.25, 0.3) is 0 Å². The topological polar surface area (TPSA) is 108 Å². The minimum absolute atomic E-state index is 0.379. The van der Waals surface area contributed by atoms with E-state index >= 15 is 0 Å². The maximum absolute atomic E-state index is 11.6. The molecule has 10 nitrogen and oxygen atoms in total. The number of alkyl carbamates (subject to hydrolysis) is 1. The molecule has 43 heavy (non-hydrogen) atoms. The van der Waals surface area contributed by atoms with Gasteiger partial charge in [-0.15, -0.1) is 0 Å². The molecule has 2 aliphatic heterocycles. The van der Waals surface area contributed by atoms with Crippen LogP contribution in [0.1, 0.15) is 31.9 Å². The zero-order valence-corrected chi connectivity index (χ0v) is 26.4. The molecule has 0 saturated carbocycles. The van der Waals surface area contributed by atoms with E-state index < -0.39 is 5.60 Å². The molecule has 0 spiro atoms. The molecular weight excluding hydrogens is 548 g/mol. The number of carbonyl (C=O) groups is 1. The van der Waals surface area contributed by atoms with Gasteiger partial charge in [0.2, 0.25) is 0 Å². The van der Waals surface area contributed by atoms with Crippen LogP contribution >= 0.6 is 0 Å². The van der Waals surface area contributed by atoms with Crippen molar-refractivity contribution in [2.45, 2.75) is 39.2 Å². The molecular formula is C33H52N4O6. The van der Waals surface area contributed by atoms with E-state index in [2.05, 4.69) is 27.2 Å². The summed E-state index contributed by atoms with van der Waals surface area (Å²) in [5.41, 5.74) is 7.46. The van der Waals surface area contributed by atoms with Gasteiger partial charge >= 0.3 is 6.09 Å². The Morgan fingerprint density at radius 2 is 1.21 bits per heavy atom. The Labute approximate surface area is 257 Å². The number of carbonyl (C=O) groups excluding carboxylic acids is 1. The molecule has 0 atom stereocenters. The lowest BCUT2D eigenvalue weighted by Gasteiger charge is -2.26. The van der Waals surface area contributed by atoms with Gasteiger partial charge in [-0.2, -0.15) is 0 Å². The Morgan fingerprint density at radius 3 is 1.63 bits per heavy atom. The summed E-state index contributed by atoms with van der Waals surface area (Å²) >= 11 is 0. The van der Waals surface area contributed by atoms with Crippen molar-refractivity contribution in [3.8, 4) is 11.5 Å². The van der Waals surface area contributed by atoms with Crippen LogP contribution in [0.4, 0.5) is 4.79 Å². The van der Waals surface area contributed by atoms with Gasteiger partial charge < -0.3 is 34.7 Å². The average Bonchev–Trinajstić information content (AvgIpc) is 3.00. The van der Waals surface area contributed by atoms with Crippen molar-refractivity contribution in [1.82, 2.24) is 15.1 Å². The fraction of sp³-hybridized carbons (Fsp3) is 0.606. The molecule has 10 heteroatoms. The molecule has 2 fully saturated rings. The Hall–Kier alpha value is -2.89. The zero-order valence-electron chi connectivity index (χ0n) is 26.4. The molecule has 0 radical (unpaired) electrons. The van der Waals surface area contributed by atoms with Gasteiger partial charge in [-0.3, -0.25) is 9.80 Å². The maximum Gasteiger partial charge on any atom is 0.407 e. The van der Waals surface area contributed by atoms with E-state index in [0.29, 0.717) is 19.7 Å². The van der Waals surface area contributed by atoms with Crippen LogP contribution in [0.25, 0.3) is 0 Å². The number of nitrogens with one attached hydrogen (secondary N) is 1. The molecule has 240 valence electrons. The summed E-state index contributed by atoms with van der Waals surface area (Å²) in [5.74, 6) is 1.81. The molecule has 0 unspecified atom stereocenters. The van der Waals surface area contributed by atoms with Crippen molar-refractivity contribution in [2.24, 2.45) is 5.73 Å². The van der Waals surface area contributed by atoms with Crippen LogP contribution in [-0.4, -0.2) is 113 Å². The van der Waals surface area contributed by atoms with E-state index in [1.165, 1.54) is 5.56 Å². The van der Waals surface area contributed by atoms with Crippen LogP contribution in [0, 0.1) is 0 Å². The lowest BCUT2D eigenvalue weighted by atomic mass is 10.1. The summed E-state index contributed by atoms with van der Waals surface area (Å²) in [6.07, 6.45) is 1.30. The highest BCUT2D eigenvalue weighted by Crippen LogP contribution is 2.14. The molecule has 2 aromatic rings. The van der Waals surface area contributed by atoms with Crippen LogP contribution in [0.5, 0.6) is 11.5 Å². The number of hydrogen-bond acceptors (Lipinski definition) is 9. The van der Waals surface area contributed by atoms with Gasteiger partial charge in [0.05, 0.1) is 26.4 Å². The Balaban J connectivity index is 0.000000248. The van der Waals surface area contributed by atoms with Gasteiger partial charge in [-0.1, -0.05) is 24.3 Å². The second-order valence-electron chi connectivity index (χ2n) is 11.6. The Bertz CT molecular complexity index is 1020. The summed E-state index contributed by atoms with van der Waals surface area (Å²) < 4.78 is 27.4. The summed E-state index contributed by atoms with van der Waals surface area (Å²) in [6, 6.07) is 16.2. The fourth-order valence-corrected chi connectivity index (χ4v) is 4.53. The summed E-state index contributed by atoms with van der Waals surface area (Å²) in [7, 11) is 0. The van der Waals surface area contributed by atoms with Crippen molar-refractivity contribution in [1.29, 1.82) is 0 Å². The first-order chi connectivity index (χ1) is 20.8. The van der Waals surface area contributed by atoms with Gasteiger partial charge in [0.1, 0.15) is 30.3 Å². The van der Waals surface area contributed by atoms with Crippen LogP contribution < -0.4 is 20.5 Å². The number of ether oxygens (including phenoxy) is 5. The minimum Gasteiger partial charge on any atom is -0.492 e. The van der Waals surface area contributed by atoms with E-state index in [9.17, 15) is 4.79 Å². The lowest BCUT2D eigenvalue weighted by Crippen LogP contribution is -2.38. The quantitative estimate of drug-likeness (QED) is 0.358. The Morgan fingerprint density at radius 1 is 0.767 bits per heavy atom. The normalized spacial score (nSPS) is 16.1. The lowest BCUT2D eigenvalue weighted by molar-refractivity contribution is 0.0321. The molecule has 0 bridgehead atoms. The number of rotatable bonds is 13. The standard InChI is InChI=1S/C19H30N2O4.C14H22N2O2/c1-19(2,3)25-18(22)20-9-8-16-4-6-17(7-5-16)24-15-12-21-10-13-23-14-11-21;15-6-5-13-1-3-14(4-2-13)18-12-9-16-7-10-17-11-8-16/h4-7H,8-15H2,1-3H3,(H,20,22);1-4H,5-12,15H2. The molecule has 2 aromatic carbocycles. The van der Waals surface area contributed by atoms with Crippen LogP contribution in [0.2, 0.25) is 0 Å².